The molecule has 0 fully saturated rings. The van der Waals surface area contributed by atoms with Crippen molar-refractivity contribution in [1.29, 1.82) is 0 Å². The van der Waals surface area contributed by atoms with E-state index in [0.29, 0.717) is 13.2 Å². The maximum absolute atomic E-state index is 11.4. The van der Waals surface area contributed by atoms with Crippen LogP contribution in [0.1, 0.15) is 13.8 Å². The fourth-order valence-corrected chi connectivity index (χ4v) is 1.23. The van der Waals surface area contributed by atoms with Crippen LogP contribution in [0.3, 0.4) is 0 Å². The van der Waals surface area contributed by atoms with Crippen molar-refractivity contribution in [3.63, 3.8) is 0 Å². The molecule has 1 aromatic heterocycles. The topological polar surface area (TPSA) is 44.3 Å². The van der Waals surface area contributed by atoms with Crippen LogP contribution >= 0.6 is 0 Å². The molecule has 0 aliphatic heterocycles. The smallest absolute Gasteiger partial charge is 0.348 e. The molecule has 1 heterocycles. The average Bonchev–Trinajstić information content (AvgIpc) is 2.58. The van der Waals surface area contributed by atoms with Crippen molar-refractivity contribution in [2.24, 2.45) is 7.05 Å². The van der Waals surface area contributed by atoms with Crippen LogP contribution in [-0.4, -0.2) is 29.9 Å². The number of ether oxygens (including phenoxy) is 2. The number of hydrogen-bond acceptors (Lipinski definition) is 3. The van der Waals surface area contributed by atoms with Crippen LogP contribution in [-0.2, 0) is 27.9 Å². The second-order valence-corrected chi connectivity index (χ2v) is 3.89. The van der Waals surface area contributed by atoms with E-state index in [2.05, 4.69) is 0 Å². The normalized spacial score (nSPS) is 10.8. The van der Waals surface area contributed by atoms with Gasteiger partial charge in [0.1, 0.15) is 19.0 Å². The molecule has 0 saturated carbocycles. The van der Waals surface area contributed by atoms with Crippen molar-refractivity contribution < 1.29 is 18.8 Å². The first-order valence-corrected chi connectivity index (χ1v) is 5.36. The number of hydrogen-bond donors (Lipinski definition) is 0. The summed E-state index contributed by atoms with van der Waals surface area (Å²) in [6, 6.07) is 0. The Balaban J connectivity index is 2.16. The molecular weight excluding hydrogens is 208 g/mol. The summed E-state index contributed by atoms with van der Waals surface area (Å²) in [5.41, 5.74) is 0. The SMILES string of the molecule is CC(C)OCCOC(=O)Cn1cc[n+](C)c1. The van der Waals surface area contributed by atoms with Gasteiger partial charge in [-0.15, -0.1) is 0 Å². The molecule has 0 aromatic carbocycles. The van der Waals surface area contributed by atoms with Gasteiger partial charge in [0.15, 0.2) is 6.54 Å². The van der Waals surface area contributed by atoms with Gasteiger partial charge in [0.05, 0.1) is 19.8 Å². The van der Waals surface area contributed by atoms with Crippen molar-refractivity contribution in [1.82, 2.24) is 4.57 Å². The van der Waals surface area contributed by atoms with Crippen molar-refractivity contribution in [2.75, 3.05) is 13.2 Å². The molecule has 0 N–H and O–H groups in total. The molecule has 0 radical (unpaired) electrons. The summed E-state index contributed by atoms with van der Waals surface area (Å²) in [6.45, 7) is 4.89. The van der Waals surface area contributed by atoms with Gasteiger partial charge in [-0.3, -0.25) is 0 Å². The zero-order chi connectivity index (χ0) is 12.0. The van der Waals surface area contributed by atoms with E-state index in [4.69, 9.17) is 9.47 Å². The fourth-order valence-electron chi connectivity index (χ4n) is 1.23. The largest absolute Gasteiger partial charge is 0.460 e. The lowest BCUT2D eigenvalue weighted by atomic mass is 10.5. The Bertz CT molecular complexity index is 334. The van der Waals surface area contributed by atoms with E-state index in [-0.39, 0.29) is 18.6 Å². The second-order valence-electron chi connectivity index (χ2n) is 3.89. The van der Waals surface area contributed by atoms with Crippen LogP contribution in [0.15, 0.2) is 18.7 Å². The summed E-state index contributed by atoms with van der Waals surface area (Å²) in [7, 11) is 1.90. The van der Waals surface area contributed by atoms with Gasteiger partial charge in [-0.2, -0.15) is 0 Å². The van der Waals surface area contributed by atoms with E-state index in [1.165, 1.54) is 0 Å². The summed E-state index contributed by atoms with van der Waals surface area (Å²) in [6.07, 6.45) is 5.69. The number of nitrogens with zero attached hydrogens (tertiary/aromatic N) is 2. The quantitative estimate of drug-likeness (QED) is 0.398. The Labute approximate surface area is 95.6 Å². The molecule has 0 aliphatic carbocycles. The van der Waals surface area contributed by atoms with Gasteiger partial charge in [-0.05, 0) is 13.8 Å². The van der Waals surface area contributed by atoms with Crippen LogP contribution in [0.4, 0.5) is 0 Å². The van der Waals surface area contributed by atoms with Gasteiger partial charge in [0.25, 0.3) is 0 Å². The summed E-state index contributed by atoms with van der Waals surface area (Å²) >= 11 is 0. The van der Waals surface area contributed by atoms with Crippen LogP contribution in [0.25, 0.3) is 0 Å². The zero-order valence-corrected chi connectivity index (χ0v) is 10.0. The van der Waals surface area contributed by atoms with E-state index in [1.807, 2.05) is 44.2 Å². The minimum Gasteiger partial charge on any atom is -0.460 e. The van der Waals surface area contributed by atoms with Crippen LogP contribution in [0.2, 0.25) is 0 Å². The number of rotatable bonds is 6. The minimum absolute atomic E-state index is 0.169. The minimum atomic E-state index is -0.247. The molecule has 1 aromatic rings. The third-order valence-electron chi connectivity index (χ3n) is 1.93. The number of carbonyl (C=O) groups excluding carboxylic acids is 1. The van der Waals surface area contributed by atoms with Crippen LogP contribution in [0, 0.1) is 0 Å². The van der Waals surface area contributed by atoms with Crippen LogP contribution in [0.5, 0.6) is 0 Å². The monoisotopic (exact) mass is 227 g/mol. The van der Waals surface area contributed by atoms with Crippen LogP contribution < -0.4 is 4.57 Å². The molecule has 16 heavy (non-hydrogen) atoms. The summed E-state index contributed by atoms with van der Waals surface area (Å²) in [4.78, 5) is 11.4. The average molecular weight is 227 g/mol. The number of aryl methyl sites for hydroxylation is 1. The molecule has 5 heteroatoms. The Morgan fingerprint density at radius 2 is 2.19 bits per heavy atom. The standard InChI is InChI=1S/C11H19N2O3/c1-10(2)15-6-7-16-11(14)8-13-5-4-12(3)9-13/h4-5,9-10H,6-8H2,1-3H3/q+1. The predicted octanol–water partition coefficient (Wildman–Crippen LogP) is 0.281. The van der Waals surface area contributed by atoms with Crippen molar-refractivity contribution in [2.45, 2.75) is 26.5 Å². The predicted molar refractivity (Wildman–Crippen MR) is 57.7 cm³/mol. The van der Waals surface area contributed by atoms with E-state index in [0.717, 1.165) is 0 Å². The molecule has 0 spiro atoms. The molecule has 90 valence electrons. The highest BCUT2D eigenvalue weighted by Gasteiger charge is 2.08. The van der Waals surface area contributed by atoms with E-state index < -0.39 is 0 Å². The highest BCUT2D eigenvalue weighted by Crippen LogP contribution is 1.90. The van der Waals surface area contributed by atoms with Gasteiger partial charge < -0.3 is 9.47 Å². The number of aromatic nitrogens is 2. The summed E-state index contributed by atoms with van der Waals surface area (Å²) in [5, 5.41) is 0. The molecule has 0 unspecified atom stereocenters. The summed E-state index contributed by atoms with van der Waals surface area (Å²) in [5.74, 6) is -0.247. The molecule has 1 rings (SSSR count). The first-order chi connectivity index (χ1) is 7.58. The first-order valence-electron chi connectivity index (χ1n) is 5.36. The van der Waals surface area contributed by atoms with Gasteiger partial charge in [0, 0.05) is 0 Å². The zero-order valence-electron chi connectivity index (χ0n) is 10.0. The van der Waals surface area contributed by atoms with E-state index in [1.54, 1.807) is 4.57 Å². The molecule has 0 amide bonds. The van der Waals surface area contributed by atoms with Gasteiger partial charge in [0.2, 0.25) is 6.33 Å². The Hall–Kier alpha value is -1.36. The lowest BCUT2D eigenvalue weighted by molar-refractivity contribution is -0.671. The Morgan fingerprint density at radius 1 is 1.44 bits per heavy atom. The Morgan fingerprint density at radius 3 is 2.75 bits per heavy atom. The van der Waals surface area contributed by atoms with Gasteiger partial charge >= 0.3 is 5.97 Å². The lowest BCUT2D eigenvalue weighted by Crippen LogP contribution is -2.24. The van der Waals surface area contributed by atoms with Crippen molar-refractivity contribution in [3.8, 4) is 0 Å². The number of imidazole rings is 1. The highest BCUT2D eigenvalue weighted by atomic mass is 16.6. The second kappa shape index (κ2) is 6.27. The van der Waals surface area contributed by atoms with Crippen molar-refractivity contribution in [3.05, 3.63) is 18.7 Å². The first kappa shape index (κ1) is 12.7. The van der Waals surface area contributed by atoms with Gasteiger partial charge in [-0.1, -0.05) is 0 Å². The van der Waals surface area contributed by atoms with Crippen molar-refractivity contribution >= 4 is 5.97 Å². The molecule has 0 bridgehead atoms. The molecule has 0 saturated heterocycles. The third-order valence-corrected chi connectivity index (χ3v) is 1.93. The Kier molecular flexibility index (Phi) is 4.98. The van der Waals surface area contributed by atoms with E-state index in [9.17, 15) is 4.79 Å². The third kappa shape index (κ3) is 4.93. The number of esters is 1. The maximum atomic E-state index is 11.4. The number of carbonyl (C=O) groups is 1. The fraction of sp³-hybridized carbons (Fsp3) is 0.636. The lowest BCUT2D eigenvalue weighted by Gasteiger charge is -2.07. The highest BCUT2D eigenvalue weighted by molar-refractivity contribution is 5.69. The maximum Gasteiger partial charge on any atom is 0.348 e. The molecule has 0 atom stereocenters. The van der Waals surface area contributed by atoms with E-state index >= 15 is 0 Å². The molecule has 5 nitrogen and oxygen atoms in total. The summed E-state index contributed by atoms with van der Waals surface area (Å²) < 4.78 is 13.9. The molecule has 0 aliphatic rings. The van der Waals surface area contributed by atoms with Gasteiger partial charge in [-0.25, -0.2) is 13.9 Å². The molecular formula is C11H19N2O3+.